The Morgan fingerprint density at radius 2 is 1.92 bits per heavy atom. The van der Waals surface area contributed by atoms with Crippen molar-refractivity contribution < 1.29 is 19.1 Å². The van der Waals surface area contributed by atoms with Crippen molar-refractivity contribution in [3.8, 4) is 0 Å². The lowest BCUT2D eigenvalue weighted by Crippen LogP contribution is -2.40. The normalized spacial score (nSPS) is 13.0. The first kappa shape index (κ1) is 19.0. The number of rotatable bonds is 5. The second-order valence-corrected chi connectivity index (χ2v) is 6.20. The van der Waals surface area contributed by atoms with Crippen molar-refractivity contribution in [1.29, 1.82) is 0 Å². The zero-order chi connectivity index (χ0) is 18.6. The van der Waals surface area contributed by atoms with Crippen LogP contribution in [0.15, 0.2) is 42.6 Å². The van der Waals surface area contributed by atoms with Gasteiger partial charge in [-0.3, -0.25) is 4.79 Å². The maximum Gasteiger partial charge on any atom is 0.405 e. The summed E-state index contributed by atoms with van der Waals surface area (Å²) in [6.07, 6.45) is 0.0904. The number of nitrogens with one attached hydrogen (secondary N) is 1. The zero-order valence-corrected chi connectivity index (χ0v) is 15.0. The summed E-state index contributed by atoms with van der Waals surface area (Å²) in [4.78, 5) is 24.2. The van der Waals surface area contributed by atoms with Crippen LogP contribution in [-0.4, -0.2) is 18.0 Å². The molecule has 1 amide bonds. The number of amides is 1. The van der Waals surface area contributed by atoms with E-state index in [0.717, 1.165) is 0 Å². The Bertz CT molecular complexity index is 798. The van der Waals surface area contributed by atoms with Crippen molar-refractivity contribution in [2.45, 2.75) is 26.0 Å². The first-order chi connectivity index (χ1) is 11.8. The van der Waals surface area contributed by atoms with E-state index in [2.05, 4.69) is 5.32 Å². The number of hydrogen-bond acceptors (Lipinski definition) is 4. The number of pyridine rings is 1. The van der Waals surface area contributed by atoms with Gasteiger partial charge in [0.15, 0.2) is 12.3 Å². The van der Waals surface area contributed by atoms with Gasteiger partial charge in [-0.15, -0.1) is 0 Å². The highest BCUT2D eigenvalue weighted by atomic mass is 35.5. The van der Waals surface area contributed by atoms with Crippen LogP contribution in [0, 0.1) is 5.21 Å². The molecule has 0 unspecified atom stereocenters. The van der Waals surface area contributed by atoms with Gasteiger partial charge in [0.2, 0.25) is 0 Å². The Labute approximate surface area is 154 Å². The lowest BCUT2D eigenvalue weighted by molar-refractivity contribution is -0.608. The summed E-state index contributed by atoms with van der Waals surface area (Å²) in [7, 11) is 0. The van der Waals surface area contributed by atoms with Crippen molar-refractivity contribution >= 4 is 35.1 Å². The first-order valence-electron chi connectivity index (χ1n) is 7.44. The van der Waals surface area contributed by atoms with E-state index in [9.17, 15) is 14.8 Å². The van der Waals surface area contributed by atoms with Crippen LogP contribution in [0.2, 0.25) is 10.0 Å². The molecule has 6 nitrogen and oxygen atoms in total. The number of aromatic nitrogens is 1. The molecular formula is C17H16Cl2N2O4. The summed E-state index contributed by atoms with van der Waals surface area (Å²) in [5.41, 5.74) is 0.481. The molecule has 1 aromatic carbocycles. The number of carbonyl (C=O) groups is 2. The van der Waals surface area contributed by atoms with Gasteiger partial charge in [-0.1, -0.05) is 29.3 Å². The standard InChI is InChI=1S/C17H16Cl2N2O4/c1-10(13-7-6-12(18)9-14(13)19)20-16(22)11(2)25-17(23)15-5-3-4-8-21(15)24/h3-11H,1-2H3,(H,20,22)/t10-,11+/m1/s1. The highest BCUT2D eigenvalue weighted by molar-refractivity contribution is 6.35. The number of carbonyl (C=O) groups excluding carboxylic acids is 2. The predicted molar refractivity (Wildman–Crippen MR) is 93.3 cm³/mol. The van der Waals surface area contributed by atoms with Crippen molar-refractivity contribution in [2.24, 2.45) is 0 Å². The molecule has 0 bridgehead atoms. The van der Waals surface area contributed by atoms with Gasteiger partial charge in [0.1, 0.15) is 0 Å². The SMILES string of the molecule is C[C@H](OC(=O)c1cccc[n+]1[O-])C(=O)N[C@H](C)c1ccc(Cl)cc1Cl. The van der Waals surface area contributed by atoms with Crippen LogP contribution in [-0.2, 0) is 9.53 Å². The second kappa shape index (κ2) is 8.18. The van der Waals surface area contributed by atoms with E-state index < -0.39 is 24.0 Å². The Kier molecular flexibility index (Phi) is 6.22. The van der Waals surface area contributed by atoms with Crippen molar-refractivity contribution in [3.05, 3.63) is 69.1 Å². The second-order valence-electron chi connectivity index (χ2n) is 5.36. The minimum Gasteiger partial charge on any atom is -0.618 e. The molecule has 2 aromatic rings. The van der Waals surface area contributed by atoms with Crippen LogP contribution in [0.4, 0.5) is 0 Å². The smallest absolute Gasteiger partial charge is 0.405 e. The molecule has 0 radical (unpaired) electrons. The van der Waals surface area contributed by atoms with E-state index >= 15 is 0 Å². The fourth-order valence-electron chi connectivity index (χ4n) is 2.12. The molecule has 2 atom stereocenters. The largest absolute Gasteiger partial charge is 0.618 e. The monoisotopic (exact) mass is 382 g/mol. The van der Waals surface area contributed by atoms with E-state index in [0.29, 0.717) is 20.3 Å². The summed E-state index contributed by atoms with van der Waals surface area (Å²) in [6.45, 7) is 3.16. The Morgan fingerprint density at radius 3 is 2.56 bits per heavy atom. The van der Waals surface area contributed by atoms with E-state index in [1.54, 1.807) is 25.1 Å². The van der Waals surface area contributed by atoms with Crippen molar-refractivity contribution in [2.75, 3.05) is 0 Å². The lowest BCUT2D eigenvalue weighted by Gasteiger charge is -2.19. The van der Waals surface area contributed by atoms with E-state index in [4.69, 9.17) is 27.9 Å². The average Bonchev–Trinajstić information content (AvgIpc) is 2.54. The van der Waals surface area contributed by atoms with Gasteiger partial charge in [0.25, 0.3) is 5.91 Å². The third kappa shape index (κ3) is 4.84. The summed E-state index contributed by atoms with van der Waals surface area (Å²) >= 11 is 12.0. The van der Waals surface area contributed by atoms with Crippen molar-refractivity contribution in [1.82, 2.24) is 5.32 Å². The fourth-order valence-corrected chi connectivity index (χ4v) is 2.69. The maximum atomic E-state index is 12.2. The Morgan fingerprint density at radius 1 is 1.20 bits per heavy atom. The third-order valence-corrected chi connectivity index (χ3v) is 4.04. The molecule has 1 heterocycles. The Balaban J connectivity index is 2.00. The van der Waals surface area contributed by atoms with E-state index in [1.165, 1.54) is 31.3 Å². The molecule has 132 valence electrons. The summed E-state index contributed by atoms with van der Waals surface area (Å²) in [5, 5.41) is 15.1. The summed E-state index contributed by atoms with van der Waals surface area (Å²) in [5.74, 6) is -1.39. The van der Waals surface area contributed by atoms with Crippen LogP contribution < -0.4 is 10.0 Å². The molecule has 0 saturated heterocycles. The van der Waals surface area contributed by atoms with Gasteiger partial charge < -0.3 is 15.3 Å². The highest BCUT2D eigenvalue weighted by Crippen LogP contribution is 2.26. The Hall–Kier alpha value is -2.31. The number of benzene rings is 1. The molecule has 2 rings (SSSR count). The lowest BCUT2D eigenvalue weighted by atomic mass is 10.1. The minimum atomic E-state index is -1.08. The van der Waals surface area contributed by atoms with Gasteiger partial charge >= 0.3 is 11.7 Å². The quantitative estimate of drug-likeness (QED) is 0.489. The molecule has 0 spiro atoms. The van der Waals surface area contributed by atoms with Crippen LogP contribution in [0.25, 0.3) is 0 Å². The number of ether oxygens (including phenoxy) is 1. The molecule has 1 N–H and O–H groups in total. The fraction of sp³-hybridized carbons (Fsp3) is 0.235. The van der Waals surface area contributed by atoms with Crippen LogP contribution >= 0.6 is 23.2 Å². The number of hydrogen-bond donors (Lipinski definition) is 1. The van der Waals surface area contributed by atoms with Crippen LogP contribution in [0.5, 0.6) is 0 Å². The number of nitrogens with zero attached hydrogens (tertiary/aromatic N) is 1. The molecule has 0 aliphatic heterocycles. The van der Waals surface area contributed by atoms with Crippen molar-refractivity contribution in [3.63, 3.8) is 0 Å². The van der Waals surface area contributed by atoms with Gasteiger partial charge in [-0.2, -0.15) is 4.73 Å². The number of halogens is 2. The number of esters is 1. The average molecular weight is 383 g/mol. The maximum absolute atomic E-state index is 12.2. The molecule has 0 aliphatic rings. The summed E-state index contributed by atoms with van der Waals surface area (Å²) < 4.78 is 5.42. The zero-order valence-electron chi connectivity index (χ0n) is 13.5. The molecule has 8 heteroatoms. The molecule has 0 saturated carbocycles. The molecule has 1 aromatic heterocycles. The third-order valence-electron chi connectivity index (χ3n) is 3.47. The topological polar surface area (TPSA) is 82.3 Å². The predicted octanol–water partition coefficient (Wildman–Crippen LogP) is 3.05. The van der Waals surface area contributed by atoms with Gasteiger partial charge in [0.05, 0.1) is 6.04 Å². The highest BCUT2D eigenvalue weighted by Gasteiger charge is 2.25. The van der Waals surface area contributed by atoms with E-state index in [-0.39, 0.29) is 5.69 Å². The minimum absolute atomic E-state index is 0.198. The molecule has 0 aliphatic carbocycles. The van der Waals surface area contributed by atoms with Gasteiger partial charge in [-0.05, 0) is 37.6 Å². The van der Waals surface area contributed by atoms with Crippen LogP contribution in [0.3, 0.4) is 0 Å². The molecular weight excluding hydrogens is 367 g/mol. The van der Waals surface area contributed by atoms with Gasteiger partial charge in [-0.25, -0.2) is 4.79 Å². The van der Waals surface area contributed by atoms with Gasteiger partial charge in [0, 0.05) is 22.2 Å². The van der Waals surface area contributed by atoms with Crippen LogP contribution in [0.1, 0.15) is 35.9 Å². The molecule has 0 fully saturated rings. The summed E-state index contributed by atoms with van der Waals surface area (Å²) in [6, 6.07) is 8.86. The first-order valence-corrected chi connectivity index (χ1v) is 8.19. The molecule has 25 heavy (non-hydrogen) atoms. The van der Waals surface area contributed by atoms with E-state index in [1.807, 2.05) is 0 Å².